The molecular formula is C26H30N2O4. The van der Waals surface area contributed by atoms with Crippen LogP contribution in [0.1, 0.15) is 38.7 Å². The number of para-hydroxylation sites is 2. The van der Waals surface area contributed by atoms with Crippen molar-refractivity contribution in [2.75, 3.05) is 18.6 Å². The molecule has 1 aliphatic heterocycles. The van der Waals surface area contributed by atoms with E-state index in [4.69, 9.17) is 9.47 Å². The van der Waals surface area contributed by atoms with Crippen molar-refractivity contribution in [2.24, 2.45) is 11.8 Å². The Hall–Kier alpha value is -3.28. The van der Waals surface area contributed by atoms with Gasteiger partial charge in [-0.15, -0.1) is 0 Å². The summed E-state index contributed by atoms with van der Waals surface area (Å²) in [6.07, 6.45) is 4.97. The molecular weight excluding hydrogens is 404 g/mol. The number of hydrogen-bond donors (Lipinski definition) is 1. The molecule has 0 spiro atoms. The number of methoxy groups -OCH3 is 1. The highest BCUT2D eigenvalue weighted by atomic mass is 16.5. The molecule has 1 fully saturated rings. The average molecular weight is 435 g/mol. The van der Waals surface area contributed by atoms with Crippen molar-refractivity contribution in [1.82, 2.24) is 5.32 Å². The summed E-state index contributed by atoms with van der Waals surface area (Å²) < 4.78 is 11.2. The fourth-order valence-corrected chi connectivity index (χ4v) is 4.48. The summed E-state index contributed by atoms with van der Waals surface area (Å²) in [6, 6.07) is 14.8. The first kappa shape index (κ1) is 21.9. The first-order valence-electron chi connectivity index (χ1n) is 11.2. The number of nitrogens with zero attached hydrogens (tertiary/aromatic N) is 1. The molecule has 32 heavy (non-hydrogen) atoms. The largest absolute Gasteiger partial charge is 0.497 e. The molecule has 1 heterocycles. The third kappa shape index (κ3) is 4.64. The lowest BCUT2D eigenvalue weighted by Crippen LogP contribution is -2.49. The van der Waals surface area contributed by atoms with E-state index in [1.807, 2.05) is 36.4 Å². The third-order valence-electron chi connectivity index (χ3n) is 6.58. The van der Waals surface area contributed by atoms with E-state index in [0.717, 1.165) is 18.4 Å². The standard InChI is InChI=1S/C26H30N2O4/c1-17-8-6-11-21(18(17)2)27-25(29)16-28-22-12-4-5-13-23(22)32-24(26(28)30)15-19-9-7-10-20(14-19)31-3/h4-5,7,9-10,12-15,17-18,21H,6,8,11,16H2,1-3H3,(H,27,29)/b24-15+/t17-,18-,21+/m0/s1. The molecule has 168 valence electrons. The van der Waals surface area contributed by atoms with E-state index in [-0.39, 0.29) is 30.2 Å². The van der Waals surface area contributed by atoms with Gasteiger partial charge in [-0.2, -0.15) is 0 Å². The topological polar surface area (TPSA) is 67.9 Å². The van der Waals surface area contributed by atoms with Crippen molar-refractivity contribution in [3.8, 4) is 11.5 Å². The molecule has 2 aliphatic rings. The van der Waals surface area contributed by atoms with Crippen LogP contribution < -0.4 is 19.7 Å². The molecule has 0 saturated heterocycles. The van der Waals surface area contributed by atoms with Crippen molar-refractivity contribution in [2.45, 2.75) is 39.2 Å². The van der Waals surface area contributed by atoms with Crippen LogP contribution in [0.4, 0.5) is 5.69 Å². The van der Waals surface area contributed by atoms with Crippen molar-refractivity contribution in [1.29, 1.82) is 0 Å². The number of nitrogens with one attached hydrogen (secondary N) is 1. The van der Waals surface area contributed by atoms with Crippen LogP contribution in [0.5, 0.6) is 11.5 Å². The summed E-state index contributed by atoms with van der Waals surface area (Å²) in [5.41, 5.74) is 1.38. The third-order valence-corrected chi connectivity index (χ3v) is 6.58. The number of rotatable bonds is 5. The Kier molecular flexibility index (Phi) is 6.49. The van der Waals surface area contributed by atoms with Gasteiger partial charge in [-0.05, 0) is 54.2 Å². The van der Waals surface area contributed by atoms with Crippen LogP contribution in [0.15, 0.2) is 54.3 Å². The Morgan fingerprint density at radius 1 is 1.19 bits per heavy atom. The molecule has 1 aliphatic carbocycles. The van der Waals surface area contributed by atoms with E-state index < -0.39 is 0 Å². The second kappa shape index (κ2) is 9.47. The van der Waals surface area contributed by atoms with Crippen LogP contribution in [0.25, 0.3) is 6.08 Å². The smallest absolute Gasteiger partial charge is 0.294 e. The number of hydrogen-bond acceptors (Lipinski definition) is 4. The van der Waals surface area contributed by atoms with E-state index in [2.05, 4.69) is 19.2 Å². The molecule has 0 aromatic heterocycles. The lowest BCUT2D eigenvalue weighted by Gasteiger charge is -2.35. The number of ether oxygens (including phenoxy) is 2. The van der Waals surface area contributed by atoms with Crippen LogP contribution in [-0.4, -0.2) is 31.5 Å². The Labute approximate surface area is 189 Å². The Bertz CT molecular complexity index is 1030. The predicted octanol–water partition coefficient (Wildman–Crippen LogP) is 4.40. The molecule has 6 heteroatoms. The van der Waals surface area contributed by atoms with E-state index in [0.29, 0.717) is 29.0 Å². The van der Waals surface area contributed by atoms with Crippen molar-refractivity contribution in [3.05, 3.63) is 59.9 Å². The fraction of sp³-hybridized carbons (Fsp3) is 0.385. The van der Waals surface area contributed by atoms with Gasteiger partial charge in [-0.1, -0.05) is 51.0 Å². The summed E-state index contributed by atoms with van der Waals surface area (Å²) >= 11 is 0. The number of benzene rings is 2. The first-order valence-corrected chi connectivity index (χ1v) is 11.2. The zero-order chi connectivity index (χ0) is 22.7. The van der Waals surface area contributed by atoms with Gasteiger partial charge in [0, 0.05) is 6.04 Å². The molecule has 0 bridgehead atoms. The number of anilines is 1. The average Bonchev–Trinajstić information content (AvgIpc) is 2.80. The molecule has 4 rings (SSSR count). The van der Waals surface area contributed by atoms with Gasteiger partial charge in [-0.3, -0.25) is 14.5 Å². The van der Waals surface area contributed by atoms with Gasteiger partial charge in [0.25, 0.3) is 5.91 Å². The molecule has 2 aromatic carbocycles. The summed E-state index contributed by atoms with van der Waals surface area (Å²) in [4.78, 5) is 27.8. The second-order valence-electron chi connectivity index (χ2n) is 8.69. The van der Waals surface area contributed by atoms with Crippen LogP contribution >= 0.6 is 0 Å². The SMILES string of the molecule is COc1cccc(/C=C2/Oc3ccccc3N(CC(=O)N[C@@H]3CCC[C@H](C)[C@@H]3C)C2=O)c1. The maximum absolute atomic E-state index is 13.3. The minimum absolute atomic E-state index is 0.0493. The van der Waals surface area contributed by atoms with Gasteiger partial charge in [0.2, 0.25) is 5.91 Å². The number of fused-ring (bicyclic) bond motifs is 1. The molecule has 0 unspecified atom stereocenters. The number of amides is 2. The van der Waals surface area contributed by atoms with Crippen molar-refractivity contribution < 1.29 is 19.1 Å². The van der Waals surface area contributed by atoms with E-state index in [1.54, 1.807) is 25.3 Å². The molecule has 3 atom stereocenters. The summed E-state index contributed by atoms with van der Waals surface area (Å²) in [7, 11) is 1.60. The Balaban J connectivity index is 1.57. The van der Waals surface area contributed by atoms with Crippen molar-refractivity contribution in [3.63, 3.8) is 0 Å². The molecule has 2 amide bonds. The Morgan fingerprint density at radius 3 is 2.81 bits per heavy atom. The van der Waals surface area contributed by atoms with Gasteiger partial charge in [0.15, 0.2) is 11.5 Å². The quantitative estimate of drug-likeness (QED) is 0.708. The molecule has 1 N–H and O–H groups in total. The predicted molar refractivity (Wildman–Crippen MR) is 125 cm³/mol. The maximum Gasteiger partial charge on any atom is 0.294 e. The zero-order valence-electron chi connectivity index (χ0n) is 18.8. The van der Waals surface area contributed by atoms with Gasteiger partial charge in [-0.25, -0.2) is 0 Å². The lowest BCUT2D eigenvalue weighted by atomic mass is 9.78. The number of carbonyl (C=O) groups excluding carboxylic acids is 2. The van der Waals surface area contributed by atoms with Gasteiger partial charge >= 0.3 is 0 Å². The van der Waals surface area contributed by atoms with Crippen LogP contribution in [0.3, 0.4) is 0 Å². The zero-order valence-corrected chi connectivity index (χ0v) is 18.8. The van der Waals surface area contributed by atoms with E-state index in [9.17, 15) is 9.59 Å². The molecule has 2 aromatic rings. The van der Waals surface area contributed by atoms with Gasteiger partial charge < -0.3 is 14.8 Å². The van der Waals surface area contributed by atoms with Crippen molar-refractivity contribution >= 4 is 23.6 Å². The minimum Gasteiger partial charge on any atom is -0.497 e. The van der Waals surface area contributed by atoms with Gasteiger partial charge in [0.05, 0.1) is 12.8 Å². The van der Waals surface area contributed by atoms with Gasteiger partial charge in [0.1, 0.15) is 12.3 Å². The molecule has 1 saturated carbocycles. The Morgan fingerprint density at radius 2 is 2.00 bits per heavy atom. The lowest BCUT2D eigenvalue weighted by molar-refractivity contribution is -0.124. The second-order valence-corrected chi connectivity index (χ2v) is 8.69. The normalized spacial score (nSPS) is 24.0. The first-order chi connectivity index (χ1) is 15.5. The molecule has 0 radical (unpaired) electrons. The summed E-state index contributed by atoms with van der Waals surface area (Å²) in [5.74, 6) is 1.92. The highest BCUT2D eigenvalue weighted by molar-refractivity contribution is 6.12. The van der Waals surface area contributed by atoms with Crippen LogP contribution in [0.2, 0.25) is 0 Å². The van der Waals surface area contributed by atoms with Crippen LogP contribution in [-0.2, 0) is 9.59 Å². The van der Waals surface area contributed by atoms with E-state index >= 15 is 0 Å². The number of carbonyl (C=O) groups is 2. The summed E-state index contributed by atoms with van der Waals surface area (Å²) in [5, 5.41) is 3.17. The summed E-state index contributed by atoms with van der Waals surface area (Å²) in [6.45, 7) is 4.38. The highest BCUT2D eigenvalue weighted by Crippen LogP contribution is 2.36. The monoisotopic (exact) mass is 434 g/mol. The molecule has 6 nitrogen and oxygen atoms in total. The maximum atomic E-state index is 13.3. The fourth-order valence-electron chi connectivity index (χ4n) is 4.48. The van der Waals surface area contributed by atoms with Crippen LogP contribution in [0, 0.1) is 11.8 Å². The van der Waals surface area contributed by atoms with E-state index in [1.165, 1.54) is 11.3 Å². The highest BCUT2D eigenvalue weighted by Gasteiger charge is 2.33. The minimum atomic E-state index is -0.341.